The maximum absolute atomic E-state index is 5.61. The van der Waals surface area contributed by atoms with Crippen LogP contribution < -0.4 is 0 Å². The van der Waals surface area contributed by atoms with Crippen molar-refractivity contribution in [1.29, 1.82) is 0 Å². The van der Waals surface area contributed by atoms with E-state index in [1.54, 1.807) is 0 Å². The van der Waals surface area contributed by atoms with Crippen LogP contribution in [-0.2, 0) is 18.0 Å². The summed E-state index contributed by atoms with van der Waals surface area (Å²) in [5, 5.41) is 0. The van der Waals surface area contributed by atoms with Crippen molar-refractivity contribution in [3.8, 4) is 0 Å². The molecule has 0 atom stereocenters. The molecule has 23 heavy (non-hydrogen) atoms. The highest BCUT2D eigenvalue weighted by Crippen LogP contribution is 2.05. The Kier molecular flexibility index (Phi) is 7.09. The molecule has 0 amide bonds. The van der Waals surface area contributed by atoms with Crippen molar-refractivity contribution in [2.45, 2.75) is 27.1 Å². The van der Waals surface area contributed by atoms with Gasteiger partial charge in [-0.05, 0) is 36.1 Å². The third kappa shape index (κ3) is 6.50. The molecule has 0 aliphatic rings. The number of benzene rings is 3. The fourth-order valence-corrected chi connectivity index (χ4v) is 2.10. The van der Waals surface area contributed by atoms with E-state index in [0.717, 1.165) is 0 Å². The molecule has 0 aromatic heterocycles. The van der Waals surface area contributed by atoms with Gasteiger partial charge >= 0.3 is 0 Å². The average molecular weight is 304 g/mol. The van der Waals surface area contributed by atoms with Crippen LogP contribution in [-0.4, -0.2) is 0 Å². The lowest BCUT2D eigenvalue weighted by molar-refractivity contribution is 0.107. The Morgan fingerprint density at radius 3 is 1.22 bits per heavy atom. The molecule has 3 aromatic carbocycles. The first-order chi connectivity index (χ1) is 11.3. The molecule has 3 rings (SSSR count). The summed E-state index contributed by atoms with van der Waals surface area (Å²) < 4.78 is 5.61. The van der Waals surface area contributed by atoms with Gasteiger partial charge in [0.15, 0.2) is 0 Å². The maximum Gasteiger partial charge on any atom is 0.0721 e. The minimum Gasteiger partial charge on any atom is -0.372 e. The van der Waals surface area contributed by atoms with Crippen LogP contribution in [0.5, 0.6) is 0 Å². The zero-order chi connectivity index (χ0) is 16.3. The van der Waals surface area contributed by atoms with E-state index < -0.39 is 0 Å². The highest BCUT2D eigenvalue weighted by molar-refractivity contribution is 5.23. The van der Waals surface area contributed by atoms with Crippen LogP contribution in [0.25, 0.3) is 0 Å². The third-order valence-corrected chi connectivity index (χ3v) is 3.65. The first kappa shape index (κ1) is 17.0. The van der Waals surface area contributed by atoms with Gasteiger partial charge in [-0.3, -0.25) is 0 Å². The van der Waals surface area contributed by atoms with E-state index in [1.165, 1.54) is 22.3 Å². The van der Waals surface area contributed by atoms with Gasteiger partial charge in [0.1, 0.15) is 0 Å². The van der Waals surface area contributed by atoms with Crippen molar-refractivity contribution in [2.24, 2.45) is 0 Å². The molecule has 0 fully saturated rings. The standard InChI is InChI=1S/C14H14O.C8H10/c1-3-7-13(8-4-1)11-15-12-14-9-5-2-6-10-14;1-7-5-3-4-6-8(7)2/h1-10H,11-12H2;3-6H,1-2H3. The molecular weight excluding hydrogens is 280 g/mol. The highest BCUT2D eigenvalue weighted by atomic mass is 16.5. The molecule has 118 valence electrons. The lowest BCUT2D eigenvalue weighted by Crippen LogP contribution is -1.93. The minimum absolute atomic E-state index is 0.676. The van der Waals surface area contributed by atoms with E-state index in [2.05, 4.69) is 62.4 Å². The fraction of sp³-hybridized carbons (Fsp3) is 0.182. The molecule has 0 saturated carbocycles. The largest absolute Gasteiger partial charge is 0.372 e. The molecule has 0 unspecified atom stereocenters. The third-order valence-electron chi connectivity index (χ3n) is 3.65. The van der Waals surface area contributed by atoms with Crippen molar-refractivity contribution in [1.82, 2.24) is 0 Å². The Labute approximate surface area is 139 Å². The van der Waals surface area contributed by atoms with Crippen LogP contribution in [0.15, 0.2) is 84.9 Å². The molecule has 0 saturated heterocycles. The monoisotopic (exact) mass is 304 g/mol. The van der Waals surface area contributed by atoms with E-state index >= 15 is 0 Å². The summed E-state index contributed by atoms with van der Waals surface area (Å²) in [4.78, 5) is 0. The summed E-state index contributed by atoms with van der Waals surface area (Å²) in [5.41, 5.74) is 5.17. The van der Waals surface area contributed by atoms with Gasteiger partial charge in [-0.25, -0.2) is 0 Å². The topological polar surface area (TPSA) is 9.23 Å². The fourth-order valence-electron chi connectivity index (χ4n) is 2.10. The van der Waals surface area contributed by atoms with E-state index in [4.69, 9.17) is 4.74 Å². The van der Waals surface area contributed by atoms with Gasteiger partial charge in [0.25, 0.3) is 0 Å². The Morgan fingerprint density at radius 1 is 0.522 bits per heavy atom. The van der Waals surface area contributed by atoms with E-state index in [0.29, 0.717) is 13.2 Å². The average Bonchev–Trinajstić information content (AvgIpc) is 2.60. The lowest BCUT2D eigenvalue weighted by Gasteiger charge is -2.03. The first-order valence-electron chi connectivity index (χ1n) is 7.93. The van der Waals surface area contributed by atoms with Crippen LogP contribution in [0.2, 0.25) is 0 Å². The Morgan fingerprint density at radius 2 is 0.870 bits per heavy atom. The number of aryl methyl sites for hydroxylation is 2. The normalized spacial score (nSPS) is 9.83. The van der Waals surface area contributed by atoms with Crippen molar-refractivity contribution in [3.63, 3.8) is 0 Å². The van der Waals surface area contributed by atoms with Gasteiger partial charge in [0.05, 0.1) is 13.2 Å². The quantitative estimate of drug-likeness (QED) is 0.600. The Balaban J connectivity index is 0.000000203. The number of rotatable bonds is 4. The van der Waals surface area contributed by atoms with Crippen molar-refractivity contribution in [3.05, 3.63) is 107 Å². The van der Waals surface area contributed by atoms with Gasteiger partial charge in [-0.2, -0.15) is 0 Å². The molecule has 1 nitrogen and oxygen atoms in total. The highest BCUT2D eigenvalue weighted by Gasteiger charge is 1.93. The molecule has 0 aliphatic heterocycles. The van der Waals surface area contributed by atoms with Gasteiger partial charge in [-0.15, -0.1) is 0 Å². The van der Waals surface area contributed by atoms with Gasteiger partial charge < -0.3 is 4.74 Å². The molecule has 3 aromatic rings. The zero-order valence-electron chi connectivity index (χ0n) is 13.9. The predicted molar refractivity (Wildman–Crippen MR) is 97.3 cm³/mol. The predicted octanol–water partition coefficient (Wildman–Crippen LogP) is 5.71. The van der Waals surface area contributed by atoms with Crippen LogP contribution in [0.1, 0.15) is 22.3 Å². The molecule has 0 N–H and O–H groups in total. The summed E-state index contributed by atoms with van der Waals surface area (Å²) in [7, 11) is 0. The second-order valence-electron chi connectivity index (χ2n) is 5.55. The van der Waals surface area contributed by atoms with Crippen LogP contribution in [0.4, 0.5) is 0 Å². The van der Waals surface area contributed by atoms with Gasteiger partial charge in [0.2, 0.25) is 0 Å². The zero-order valence-corrected chi connectivity index (χ0v) is 13.9. The molecule has 0 heterocycles. The van der Waals surface area contributed by atoms with Crippen LogP contribution >= 0.6 is 0 Å². The second-order valence-corrected chi connectivity index (χ2v) is 5.55. The first-order valence-corrected chi connectivity index (χ1v) is 7.93. The summed E-state index contributed by atoms with van der Waals surface area (Å²) in [6, 6.07) is 28.8. The minimum atomic E-state index is 0.676. The summed E-state index contributed by atoms with van der Waals surface area (Å²) >= 11 is 0. The molecule has 0 radical (unpaired) electrons. The smallest absolute Gasteiger partial charge is 0.0721 e. The number of ether oxygens (including phenoxy) is 1. The van der Waals surface area contributed by atoms with Crippen LogP contribution in [0, 0.1) is 13.8 Å². The second kappa shape index (κ2) is 9.60. The van der Waals surface area contributed by atoms with Crippen molar-refractivity contribution in [2.75, 3.05) is 0 Å². The molecule has 0 aliphatic carbocycles. The van der Waals surface area contributed by atoms with Gasteiger partial charge in [0, 0.05) is 0 Å². The Hall–Kier alpha value is -2.38. The van der Waals surface area contributed by atoms with E-state index in [1.807, 2.05) is 36.4 Å². The maximum atomic E-state index is 5.61. The van der Waals surface area contributed by atoms with Gasteiger partial charge in [-0.1, -0.05) is 84.9 Å². The molecular formula is C22H24O. The summed E-state index contributed by atoms with van der Waals surface area (Å²) in [5.74, 6) is 0. The molecule has 1 heteroatoms. The number of hydrogen-bond donors (Lipinski definition) is 0. The van der Waals surface area contributed by atoms with E-state index in [9.17, 15) is 0 Å². The Bertz CT molecular complexity index is 614. The summed E-state index contributed by atoms with van der Waals surface area (Å²) in [6.45, 7) is 5.59. The lowest BCUT2D eigenvalue weighted by atomic mass is 10.1. The molecule has 0 bridgehead atoms. The van der Waals surface area contributed by atoms with Crippen LogP contribution in [0.3, 0.4) is 0 Å². The van der Waals surface area contributed by atoms with Crippen molar-refractivity contribution >= 4 is 0 Å². The summed E-state index contributed by atoms with van der Waals surface area (Å²) in [6.07, 6.45) is 0. The SMILES string of the molecule is Cc1ccccc1C.c1ccc(COCc2ccccc2)cc1. The molecule has 0 spiro atoms. The number of hydrogen-bond acceptors (Lipinski definition) is 1. The van der Waals surface area contributed by atoms with E-state index in [-0.39, 0.29) is 0 Å². The van der Waals surface area contributed by atoms with Crippen molar-refractivity contribution < 1.29 is 4.74 Å².